The maximum Gasteiger partial charge on any atom is 0.278 e. The van der Waals surface area contributed by atoms with E-state index in [-0.39, 0.29) is 28.7 Å². The van der Waals surface area contributed by atoms with Crippen LogP contribution in [-0.2, 0) is 11.3 Å². The zero-order valence-electron chi connectivity index (χ0n) is 12.5. The number of rotatable bonds is 4. The third kappa shape index (κ3) is 2.97. The number of fused-ring (bicyclic) bond motifs is 1. The molecule has 122 valence electrons. The van der Waals surface area contributed by atoms with Crippen LogP contribution in [0.2, 0.25) is 0 Å². The summed E-state index contributed by atoms with van der Waals surface area (Å²) in [5, 5.41) is 13.1. The Labute approximate surface area is 134 Å². The van der Waals surface area contributed by atoms with E-state index in [1.165, 1.54) is 25.4 Å². The summed E-state index contributed by atoms with van der Waals surface area (Å²) >= 11 is 0. The predicted octanol–water partition coefficient (Wildman–Crippen LogP) is 1.03. The Bertz CT molecular complexity index is 989. The molecule has 2 aromatic heterocycles. The molecule has 2 heterocycles. The molecule has 3 aromatic rings. The van der Waals surface area contributed by atoms with E-state index in [9.17, 15) is 19.7 Å². The van der Waals surface area contributed by atoms with Gasteiger partial charge in [0.25, 0.3) is 11.2 Å². The molecule has 0 aliphatic heterocycles. The van der Waals surface area contributed by atoms with E-state index in [4.69, 9.17) is 0 Å². The van der Waals surface area contributed by atoms with E-state index in [0.29, 0.717) is 6.54 Å². The first-order valence-corrected chi connectivity index (χ1v) is 6.90. The molecular weight excluding hydrogens is 316 g/mol. The Morgan fingerprint density at radius 2 is 2.08 bits per heavy atom. The molecule has 3 rings (SSSR count). The topological polar surface area (TPSA) is 136 Å². The monoisotopic (exact) mass is 328 g/mol. The van der Waals surface area contributed by atoms with Crippen molar-refractivity contribution in [1.82, 2.24) is 19.5 Å². The van der Waals surface area contributed by atoms with Gasteiger partial charge in [-0.1, -0.05) is 12.1 Å². The van der Waals surface area contributed by atoms with Gasteiger partial charge < -0.3 is 4.57 Å². The Kier molecular flexibility index (Phi) is 3.78. The maximum atomic E-state index is 12.2. The third-order valence-corrected chi connectivity index (χ3v) is 3.28. The summed E-state index contributed by atoms with van der Waals surface area (Å²) in [6, 6.07) is 6.01. The van der Waals surface area contributed by atoms with Crippen LogP contribution in [0.15, 0.2) is 35.4 Å². The number of aromatic nitrogens is 4. The molecule has 1 aromatic carbocycles. The Hall–Kier alpha value is -3.56. The van der Waals surface area contributed by atoms with E-state index < -0.39 is 10.5 Å². The quantitative estimate of drug-likeness (QED) is 0.542. The van der Waals surface area contributed by atoms with Crippen molar-refractivity contribution in [1.29, 1.82) is 0 Å². The third-order valence-electron chi connectivity index (χ3n) is 3.28. The van der Waals surface area contributed by atoms with Crippen molar-refractivity contribution in [3.63, 3.8) is 0 Å². The van der Waals surface area contributed by atoms with E-state index in [2.05, 4.69) is 20.3 Å². The number of aromatic amines is 1. The number of amides is 1. The molecule has 0 unspecified atom stereocenters. The number of imidazole rings is 1. The first kappa shape index (κ1) is 15.3. The molecule has 0 spiro atoms. The fraction of sp³-hybridized carbons (Fsp3) is 0.143. The van der Waals surface area contributed by atoms with Gasteiger partial charge in [0.05, 0.1) is 11.3 Å². The average molecular weight is 328 g/mol. The van der Waals surface area contributed by atoms with Gasteiger partial charge in [-0.2, -0.15) is 4.98 Å². The summed E-state index contributed by atoms with van der Waals surface area (Å²) in [5.41, 5.74) is 0.772. The van der Waals surface area contributed by atoms with E-state index >= 15 is 0 Å². The van der Waals surface area contributed by atoms with Crippen molar-refractivity contribution < 1.29 is 9.72 Å². The Morgan fingerprint density at radius 3 is 2.71 bits per heavy atom. The number of nitrogens with zero attached hydrogens (tertiary/aromatic N) is 4. The van der Waals surface area contributed by atoms with E-state index in [1.54, 1.807) is 16.7 Å². The van der Waals surface area contributed by atoms with Crippen molar-refractivity contribution in [2.24, 2.45) is 0 Å². The van der Waals surface area contributed by atoms with Crippen LogP contribution in [0.1, 0.15) is 12.5 Å². The lowest BCUT2D eigenvalue weighted by Crippen LogP contribution is -2.17. The molecule has 0 radical (unpaired) electrons. The number of benzene rings is 1. The van der Waals surface area contributed by atoms with Crippen LogP contribution in [0.3, 0.4) is 0 Å². The zero-order valence-corrected chi connectivity index (χ0v) is 12.5. The van der Waals surface area contributed by atoms with Crippen LogP contribution in [-0.4, -0.2) is 30.3 Å². The average Bonchev–Trinajstić information content (AvgIpc) is 2.90. The number of non-ortho nitro benzene ring substituents is 1. The molecule has 0 fully saturated rings. The molecule has 0 bridgehead atoms. The molecule has 10 nitrogen and oxygen atoms in total. The van der Waals surface area contributed by atoms with Gasteiger partial charge in [-0.3, -0.25) is 30.0 Å². The molecule has 1 amide bonds. The zero-order chi connectivity index (χ0) is 17.3. The van der Waals surface area contributed by atoms with Crippen LogP contribution in [0.4, 0.5) is 11.6 Å². The van der Waals surface area contributed by atoms with Gasteiger partial charge >= 0.3 is 0 Å². The molecule has 0 saturated carbocycles. The van der Waals surface area contributed by atoms with Gasteiger partial charge in [-0.15, -0.1) is 0 Å². The minimum absolute atomic E-state index is 0.00583. The van der Waals surface area contributed by atoms with Gasteiger partial charge in [0.1, 0.15) is 0 Å². The minimum atomic E-state index is -0.478. The highest BCUT2D eigenvalue weighted by atomic mass is 16.6. The van der Waals surface area contributed by atoms with E-state index in [0.717, 1.165) is 5.56 Å². The van der Waals surface area contributed by atoms with Crippen molar-refractivity contribution in [2.75, 3.05) is 5.32 Å². The Morgan fingerprint density at radius 1 is 1.38 bits per heavy atom. The molecule has 0 aliphatic rings. The maximum absolute atomic E-state index is 12.2. The first-order valence-electron chi connectivity index (χ1n) is 6.90. The summed E-state index contributed by atoms with van der Waals surface area (Å²) in [6.45, 7) is 1.61. The van der Waals surface area contributed by atoms with Crippen molar-refractivity contribution >= 4 is 28.7 Å². The largest absolute Gasteiger partial charge is 0.320 e. The normalized spacial score (nSPS) is 10.7. The summed E-state index contributed by atoms with van der Waals surface area (Å²) < 4.78 is 1.58. The highest BCUT2D eigenvalue weighted by molar-refractivity contribution is 5.87. The molecule has 2 N–H and O–H groups in total. The standard InChI is InChI=1S/C14H12N6O4/c1-8(21)16-14-17-12-11(13(22)18-14)19(7-15-12)6-9-2-4-10(5-3-9)20(23)24/h2-5,7H,6H2,1H3,(H2,16,17,18,21,22). The lowest BCUT2D eigenvalue weighted by atomic mass is 10.2. The van der Waals surface area contributed by atoms with Gasteiger partial charge in [-0.05, 0) is 5.56 Å². The van der Waals surface area contributed by atoms with Gasteiger partial charge in [-0.25, -0.2) is 4.98 Å². The number of anilines is 1. The van der Waals surface area contributed by atoms with Crippen molar-refractivity contribution in [2.45, 2.75) is 13.5 Å². The lowest BCUT2D eigenvalue weighted by Gasteiger charge is -2.05. The first-order chi connectivity index (χ1) is 11.4. The minimum Gasteiger partial charge on any atom is -0.320 e. The molecule has 0 saturated heterocycles. The summed E-state index contributed by atoms with van der Waals surface area (Å²) in [5.74, 6) is -0.330. The SMILES string of the molecule is CC(=O)Nc1nc2ncn(Cc3ccc([N+](=O)[O-])cc3)c2c(=O)[nH]1. The molecule has 0 aliphatic carbocycles. The predicted molar refractivity (Wildman–Crippen MR) is 84.7 cm³/mol. The second kappa shape index (κ2) is 5.91. The number of nitrogens with one attached hydrogen (secondary N) is 2. The fourth-order valence-electron chi connectivity index (χ4n) is 2.25. The molecule has 10 heteroatoms. The number of H-pyrrole nitrogens is 1. The number of nitro benzene ring substituents is 1. The second-order valence-corrected chi connectivity index (χ2v) is 5.06. The fourth-order valence-corrected chi connectivity index (χ4v) is 2.25. The van der Waals surface area contributed by atoms with Crippen LogP contribution < -0.4 is 10.9 Å². The van der Waals surface area contributed by atoms with Crippen LogP contribution >= 0.6 is 0 Å². The number of hydrogen-bond acceptors (Lipinski definition) is 6. The summed E-state index contributed by atoms with van der Waals surface area (Å²) in [6.07, 6.45) is 1.45. The number of carbonyl (C=O) groups excluding carboxylic acids is 1. The van der Waals surface area contributed by atoms with Gasteiger partial charge in [0, 0.05) is 25.6 Å². The highest BCUT2D eigenvalue weighted by Crippen LogP contribution is 2.15. The number of nitro groups is 1. The lowest BCUT2D eigenvalue weighted by molar-refractivity contribution is -0.384. The van der Waals surface area contributed by atoms with Gasteiger partial charge in [0.15, 0.2) is 11.2 Å². The highest BCUT2D eigenvalue weighted by Gasteiger charge is 2.12. The van der Waals surface area contributed by atoms with Crippen LogP contribution in [0.25, 0.3) is 11.2 Å². The number of hydrogen-bond donors (Lipinski definition) is 2. The summed E-state index contributed by atoms with van der Waals surface area (Å²) in [4.78, 5) is 44.0. The molecular formula is C14H12N6O4. The van der Waals surface area contributed by atoms with Crippen LogP contribution in [0, 0.1) is 10.1 Å². The molecule has 0 atom stereocenters. The Balaban J connectivity index is 1.94. The summed E-state index contributed by atoms with van der Waals surface area (Å²) in [7, 11) is 0. The number of carbonyl (C=O) groups is 1. The van der Waals surface area contributed by atoms with Crippen molar-refractivity contribution in [3.05, 3.63) is 56.6 Å². The second-order valence-electron chi connectivity index (χ2n) is 5.06. The van der Waals surface area contributed by atoms with E-state index in [1.807, 2.05) is 0 Å². The van der Waals surface area contributed by atoms with Crippen LogP contribution in [0.5, 0.6) is 0 Å². The smallest absolute Gasteiger partial charge is 0.278 e. The molecule has 24 heavy (non-hydrogen) atoms. The van der Waals surface area contributed by atoms with Gasteiger partial charge in [0.2, 0.25) is 11.9 Å². The van der Waals surface area contributed by atoms with Crippen molar-refractivity contribution in [3.8, 4) is 0 Å².